The van der Waals surface area contributed by atoms with Crippen molar-refractivity contribution in [1.29, 1.82) is 0 Å². The van der Waals surface area contributed by atoms with E-state index in [1.54, 1.807) is 0 Å². The minimum Gasteiger partial charge on any atom is -0.399 e. The number of halogens is 1. The molecule has 108 valence electrons. The SMILES string of the molecule is CCS(=O)(=O)CCNS(=O)(=O)c1cc(N)ccc1F. The minimum atomic E-state index is -4.11. The van der Waals surface area contributed by atoms with Gasteiger partial charge in [0.05, 0.1) is 5.75 Å². The normalized spacial score (nSPS) is 12.5. The molecule has 1 rings (SSSR count). The van der Waals surface area contributed by atoms with Gasteiger partial charge in [0.2, 0.25) is 10.0 Å². The maximum atomic E-state index is 13.4. The lowest BCUT2D eigenvalue weighted by Crippen LogP contribution is -2.30. The Kier molecular flexibility index (Phi) is 4.88. The Morgan fingerprint density at radius 2 is 1.89 bits per heavy atom. The van der Waals surface area contributed by atoms with Gasteiger partial charge in [-0.15, -0.1) is 0 Å². The molecule has 19 heavy (non-hydrogen) atoms. The fraction of sp³-hybridized carbons (Fsp3) is 0.400. The molecule has 1 aromatic rings. The summed E-state index contributed by atoms with van der Waals surface area (Å²) in [7, 11) is -7.40. The van der Waals surface area contributed by atoms with Gasteiger partial charge in [-0.25, -0.2) is 25.9 Å². The van der Waals surface area contributed by atoms with Crippen molar-refractivity contribution in [3.8, 4) is 0 Å². The van der Waals surface area contributed by atoms with E-state index in [2.05, 4.69) is 0 Å². The average Bonchev–Trinajstić information content (AvgIpc) is 2.31. The van der Waals surface area contributed by atoms with Gasteiger partial charge in [-0.2, -0.15) is 0 Å². The van der Waals surface area contributed by atoms with Gasteiger partial charge < -0.3 is 5.73 Å². The van der Waals surface area contributed by atoms with E-state index in [4.69, 9.17) is 5.73 Å². The van der Waals surface area contributed by atoms with Crippen molar-refractivity contribution in [3.05, 3.63) is 24.0 Å². The molecule has 0 fully saturated rings. The highest BCUT2D eigenvalue weighted by Crippen LogP contribution is 2.17. The number of nitrogens with one attached hydrogen (secondary N) is 1. The summed E-state index contributed by atoms with van der Waals surface area (Å²) in [4.78, 5) is -0.596. The van der Waals surface area contributed by atoms with Crippen molar-refractivity contribution in [2.75, 3.05) is 23.8 Å². The third-order valence-corrected chi connectivity index (χ3v) is 5.57. The molecule has 0 aliphatic carbocycles. The molecule has 0 bridgehead atoms. The number of nitrogens with two attached hydrogens (primary N) is 1. The van der Waals surface area contributed by atoms with Crippen LogP contribution >= 0.6 is 0 Å². The lowest BCUT2D eigenvalue weighted by atomic mass is 10.3. The number of anilines is 1. The van der Waals surface area contributed by atoms with Crippen LogP contribution in [0.2, 0.25) is 0 Å². The fourth-order valence-electron chi connectivity index (χ4n) is 1.28. The Hall–Kier alpha value is -1.19. The maximum Gasteiger partial charge on any atom is 0.243 e. The smallest absolute Gasteiger partial charge is 0.243 e. The molecule has 0 aromatic heterocycles. The third kappa shape index (κ3) is 4.44. The Balaban J connectivity index is 2.85. The van der Waals surface area contributed by atoms with Crippen LogP contribution in [0.5, 0.6) is 0 Å². The second kappa shape index (κ2) is 5.85. The monoisotopic (exact) mass is 310 g/mol. The van der Waals surface area contributed by atoms with Crippen LogP contribution in [0.1, 0.15) is 6.92 Å². The quantitative estimate of drug-likeness (QED) is 0.726. The number of nitrogen functional groups attached to an aromatic ring is 1. The molecule has 0 saturated heterocycles. The van der Waals surface area contributed by atoms with Crippen LogP contribution < -0.4 is 10.5 Å². The van der Waals surface area contributed by atoms with Gasteiger partial charge in [-0.05, 0) is 18.2 Å². The number of rotatable bonds is 6. The molecular weight excluding hydrogens is 295 g/mol. The summed E-state index contributed by atoms with van der Waals surface area (Å²) in [5, 5.41) is 0. The van der Waals surface area contributed by atoms with E-state index in [-0.39, 0.29) is 23.7 Å². The summed E-state index contributed by atoms with van der Waals surface area (Å²) in [6, 6.07) is 3.15. The Morgan fingerprint density at radius 3 is 2.47 bits per heavy atom. The molecule has 0 spiro atoms. The van der Waals surface area contributed by atoms with E-state index < -0.39 is 30.6 Å². The molecule has 0 aliphatic heterocycles. The van der Waals surface area contributed by atoms with Crippen LogP contribution in [-0.4, -0.2) is 34.9 Å². The first kappa shape index (κ1) is 15.9. The van der Waals surface area contributed by atoms with E-state index in [0.29, 0.717) is 0 Å². The third-order valence-electron chi connectivity index (χ3n) is 2.39. The van der Waals surface area contributed by atoms with Gasteiger partial charge >= 0.3 is 0 Å². The Morgan fingerprint density at radius 1 is 1.26 bits per heavy atom. The predicted octanol–water partition coefficient (Wildman–Crippen LogP) is 0.121. The first-order valence-corrected chi connectivity index (χ1v) is 8.73. The van der Waals surface area contributed by atoms with E-state index in [1.165, 1.54) is 13.0 Å². The standard InChI is InChI=1S/C10H15FN2O4S2/c1-2-18(14,15)6-5-13-19(16,17)10-7-8(12)3-4-9(10)11/h3-4,7,13H,2,5-6,12H2,1H3. The van der Waals surface area contributed by atoms with Gasteiger partial charge in [-0.3, -0.25) is 0 Å². The van der Waals surface area contributed by atoms with Gasteiger partial charge in [0.25, 0.3) is 0 Å². The summed E-state index contributed by atoms with van der Waals surface area (Å²) in [6.45, 7) is 1.15. The fourth-order valence-corrected chi connectivity index (χ4v) is 3.25. The number of hydrogen-bond donors (Lipinski definition) is 2. The van der Waals surface area contributed by atoms with Gasteiger partial charge in [0, 0.05) is 18.0 Å². The van der Waals surface area contributed by atoms with Crippen molar-refractivity contribution >= 4 is 25.5 Å². The lowest BCUT2D eigenvalue weighted by molar-refractivity contribution is 0.558. The summed E-state index contributed by atoms with van der Waals surface area (Å²) in [5.74, 6) is -1.37. The molecule has 0 unspecified atom stereocenters. The van der Waals surface area contributed by atoms with Crippen LogP contribution in [-0.2, 0) is 19.9 Å². The van der Waals surface area contributed by atoms with E-state index in [0.717, 1.165) is 12.1 Å². The molecular formula is C10H15FN2O4S2. The van der Waals surface area contributed by atoms with Crippen LogP contribution in [0.25, 0.3) is 0 Å². The average molecular weight is 310 g/mol. The Bertz CT molecular complexity index is 656. The number of sulfonamides is 1. The number of benzene rings is 1. The summed E-state index contributed by atoms with van der Waals surface area (Å²) in [6.07, 6.45) is 0. The van der Waals surface area contributed by atoms with Crippen molar-refractivity contribution in [3.63, 3.8) is 0 Å². The molecule has 3 N–H and O–H groups in total. The van der Waals surface area contributed by atoms with E-state index in [9.17, 15) is 21.2 Å². The summed E-state index contributed by atoms with van der Waals surface area (Å²) >= 11 is 0. The topological polar surface area (TPSA) is 106 Å². The maximum absolute atomic E-state index is 13.4. The zero-order valence-electron chi connectivity index (χ0n) is 10.3. The molecule has 0 heterocycles. The molecule has 0 saturated carbocycles. The van der Waals surface area contributed by atoms with Gasteiger partial charge in [0.1, 0.15) is 10.7 Å². The zero-order valence-corrected chi connectivity index (χ0v) is 11.9. The first-order valence-electron chi connectivity index (χ1n) is 5.43. The highest BCUT2D eigenvalue weighted by atomic mass is 32.2. The molecule has 0 radical (unpaired) electrons. The minimum absolute atomic E-state index is 0.0820. The summed E-state index contributed by atoms with van der Waals surface area (Å²) < 4.78 is 61.4. The molecule has 1 aromatic carbocycles. The van der Waals surface area contributed by atoms with Crippen LogP contribution in [0.3, 0.4) is 0 Å². The Labute approximate surface area is 111 Å². The van der Waals surface area contributed by atoms with Crippen LogP contribution in [0.15, 0.2) is 23.1 Å². The second-order valence-corrected chi connectivity index (χ2v) is 8.03. The first-order chi connectivity index (χ1) is 8.68. The highest BCUT2D eigenvalue weighted by molar-refractivity contribution is 7.91. The van der Waals surface area contributed by atoms with Gasteiger partial charge in [-0.1, -0.05) is 6.92 Å². The predicted molar refractivity (Wildman–Crippen MR) is 70.3 cm³/mol. The highest BCUT2D eigenvalue weighted by Gasteiger charge is 2.19. The van der Waals surface area contributed by atoms with Crippen molar-refractivity contribution in [1.82, 2.24) is 4.72 Å². The van der Waals surface area contributed by atoms with Gasteiger partial charge in [0.15, 0.2) is 9.84 Å². The number of sulfone groups is 1. The van der Waals surface area contributed by atoms with Crippen molar-refractivity contribution in [2.24, 2.45) is 0 Å². The summed E-state index contributed by atoms with van der Waals surface area (Å²) in [5.41, 5.74) is 5.49. The molecule has 9 heteroatoms. The molecule has 0 amide bonds. The van der Waals surface area contributed by atoms with Crippen LogP contribution in [0, 0.1) is 5.82 Å². The molecule has 0 atom stereocenters. The zero-order chi connectivity index (χ0) is 14.7. The van der Waals surface area contributed by atoms with Crippen LogP contribution in [0.4, 0.5) is 10.1 Å². The van der Waals surface area contributed by atoms with E-state index >= 15 is 0 Å². The largest absolute Gasteiger partial charge is 0.399 e. The molecule has 0 aliphatic rings. The van der Waals surface area contributed by atoms with Crippen molar-refractivity contribution < 1.29 is 21.2 Å². The van der Waals surface area contributed by atoms with Crippen molar-refractivity contribution in [2.45, 2.75) is 11.8 Å². The number of hydrogen-bond acceptors (Lipinski definition) is 5. The molecule has 6 nitrogen and oxygen atoms in total. The lowest BCUT2D eigenvalue weighted by Gasteiger charge is -2.08. The second-order valence-electron chi connectivity index (χ2n) is 3.82. The van der Waals surface area contributed by atoms with E-state index in [1.807, 2.05) is 4.72 Å².